The molecule has 2 aromatic heterocycles. The predicted molar refractivity (Wildman–Crippen MR) is 122 cm³/mol. The van der Waals surface area contributed by atoms with Crippen molar-refractivity contribution < 1.29 is 4.39 Å². The maximum absolute atomic E-state index is 14.5. The first-order valence-electron chi connectivity index (χ1n) is 10.6. The molecule has 0 unspecified atom stereocenters. The highest BCUT2D eigenvalue weighted by Crippen LogP contribution is 2.33. The van der Waals surface area contributed by atoms with Crippen LogP contribution in [-0.2, 0) is 0 Å². The number of rotatable bonds is 4. The highest BCUT2D eigenvalue weighted by molar-refractivity contribution is 5.87. The summed E-state index contributed by atoms with van der Waals surface area (Å²) >= 11 is 0. The van der Waals surface area contributed by atoms with E-state index in [2.05, 4.69) is 20.4 Å². The summed E-state index contributed by atoms with van der Waals surface area (Å²) in [6.45, 7) is 1.75. The number of piperidine rings is 1. The Morgan fingerprint density at radius 1 is 1.09 bits per heavy atom. The van der Waals surface area contributed by atoms with E-state index in [0.29, 0.717) is 23.0 Å². The number of hydrogen-bond donors (Lipinski definition) is 2. The maximum Gasteiger partial charge on any atom is 0.147 e. The molecule has 0 amide bonds. The van der Waals surface area contributed by atoms with E-state index in [1.165, 1.54) is 12.1 Å². The molecule has 160 valence electrons. The smallest absolute Gasteiger partial charge is 0.147 e. The molecule has 0 bridgehead atoms. The number of benzene rings is 2. The molecule has 0 radical (unpaired) electrons. The van der Waals surface area contributed by atoms with Crippen LogP contribution >= 0.6 is 0 Å². The Kier molecular flexibility index (Phi) is 5.25. The lowest BCUT2D eigenvalue weighted by atomic mass is 10.0. The van der Waals surface area contributed by atoms with Crippen molar-refractivity contribution in [2.75, 3.05) is 25.0 Å². The third-order valence-corrected chi connectivity index (χ3v) is 6.07. The van der Waals surface area contributed by atoms with Gasteiger partial charge in [0.1, 0.15) is 17.7 Å². The van der Waals surface area contributed by atoms with Crippen molar-refractivity contribution in [2.24, 2.45) is 0 Å². The Labute approximate surface area is 184 Å². The second-order valence-electron chi connectivity index (χ2n) is 7.95. The number of aromatic nitrogens is 4. The quantitative estimate of drug-likeness (QED) is 0.513. The van der Waals surface area contributed by atoms with Crippen molar-refractivity contribution in [3.8, 4) is 28.6 Å². The molecule has 0 aliphatic carbocycles. The van der Waals surface area contributed by atoms with Gasteiger partial charge in [0, 0.05) is 35.6 Å². The van der Waals surface area contributed by atoms with Crippen molar-refractivity contribution in [2.45, 2.75) is 18.9 Å². The number of aromatic amines is 1. The normalized spacial score (nSPS) is 14.6. The molecule has 2 aromatic carbocycles. The summed E-state index contributed by atoms with van der Waals surface area (Å²) in [5.41, 5.74) is 3.57. The zero-order chi connectivity index (χ0) is 22.1. The Balaban J connectivity index is 1.61. The van der Waals surface area contributed by atoms with Crippen LogP contribution in [0.2, 0.25) is 0 Å². The van der Waals surface area contributed by atoms with Crippen LogP contribution in [0.15, 0.2) is 48.8 Å². The van der Waals surface area contributed by atoms with Gasteiger partial charge >= 0.3 is 0 Å². The fraction of sp³-hybridized carbons (Fsp3) is 0.250. The first kappa shape index (κ1) is 20.1. The zero-order valence-electron chi connectivity index (χ0n) is 17.6. The highest BCUT2D eigenvalue weighted by Gasteiger charge is 2.21. The highest BCUT2D eigenvalue weighted by atomic mass is 19.1. The monoisotopic (exact) mass is 427 g/mol. The summed E-state index contributed by atoms with van der Waals surface area (Å²) in [7, 11) is 1.99. The van der Waals surface area contributed by atoms with Gasteiger partial charge in [-0.25, -0.2) is 9.37 Å². The third-order valence-electron chi connectivity index (χ3n) is 6.07. The molecule has 32 heavy (non-hydrogen) atoms. The summed E-state index contributed by atoms with van der Waals surface area (Å²) < 4.78 is 14.5. The van der Waals surface area contributed by atoms with Crippen molar-refractivity contribution in [1.82, 2.24) is 25.5 Å². The van der Waals surface area contributed by atoms with Crippen molar-refractivity contribution in [3.05, 3.63) is 60.2 Å². The SMILES string of the molecule is CNC1CCN(c2cnc(-c3ccc4cn[nH]c4c3)c(-c3ccc(C#N)c(F)c3)n2)CC1. The summed E-state index contributed by atoms with van der Waals surface area (Å²) in [5, 5.41) is 20.5. The summed E-state index contributed by atoms with van der Waals surface area (Å²) in [6, 6.07) is 12.8. The molecule has 1 saturated heterocycles. The van der Waals surface area contributed by atoms with Gasteiger partial charge in [-0.1, -0.05) is 18.2 Å². The summed E-state index contributed by atoms with van der Waals surface area (Å²) in [6.07, 6.45) is 5.60. The Hall–Kier alpha value is -3.83. The number of anilines is 1. The van der Waals surface area contributed by atoms with E-state index in [9.17, 15) is 4.39 Å². The Morgan fingerprint density at radius 3 is 2.62 bits per heavy atom. The van der Waals surface area contributed by atoms with E-state index in [-0.39, 0.29) is 5.56 Å². The lowest BCUT2D eigenvalue weighted by Crippen LogP contribution is -2.41. The fourth-order valence-electron chi connectivity index (χ4n) is 4.18. The number of hydrogen-bond acceptors (Lipinski definition) is 6. The predicted octanol–water partition coefficient (Wildman–Crippen LogP) is 3.89. The first-order chi connectivity index (χ1) is 15.7. The largest absolute Gasteiger partial charge is 0.355 e. The molecular formula is C24H22FN7. The molecule has 1 fully saturated rings. The van der Waals surface area contributed by atoms with E-state index in [1.807, 2.05) is 31.3 Å². The van der Waals surface area contributed by atoms with Crippen LogP contribution in [-0.4, -0.2) is 46.3 Å². The minimum absolute atomic E-state index is 0.00688. The van der Waals surface area contributed by atoms with Gasteiger partial charge < -0.3 is 10.2 Å². The van der Waals surface area contributed by atoms with Crippen LogP contribution in [0.1, 0.15) is 18.4 Å². The van der Waals surface area contributed by atoms with E-state index in [1.54, 1.807) is 18.5 Å². The van der Waals surface area contributed by atoms with Crippen LogP contribution in [0, 0.1) is 17.1 Å². The van der Waals surface area contributed by atoms with Gasteiger partial charge in [-0.15, -0.1) is 0 Å². The maximum atomic E-state index is 14.5. The number of fused-ring (bicyclic) bond motifs is 1. The number of nitriles is 1. The average Bonchev–Trinajstić information content (AvgIpc) is 3.32. The minimum atomic E-state index is -0.568. The van der Waals surface area contributed by atoms with Gasteiger partial charge in [-0.3, -0.25) is 10.1 Å². The molecule has 0 saturated carbocycles. The molecule has 3 heterocycles. The molecule has 0 atom stereocenters. The second-order valence-corrected chi connectivity index (χ2v) is 7.95. The summed E-state index contributed by atoms with van der Waals surface area (Å²) in [5.74, 6) is 0.202. The molecule has 5 rings (SSSR count). The topological polar surface area (TPSA) is 93.5 Å². The summed E-state index contributed by atoms with van der Waals surface area (Å²) in [4.78, 5) is 11.9. The number of nitrogens with zero attached hydrogens (tertiary/aromatic N) is 5. The average molecular weight is 427 g/mol. The standard InChI is InChI=1S/C24H22FN7/c1-27-19-6-8-32(9-7-19)22-14-28-23(16-3-5-18-13-29-31-21(18)11-16)24(30-22)15-2-4-17(12-26)20(25)10-15/h2-5,10-11,13-14,19,27H,6-9H2,1H3,(H,29,31). The lowest BCUT2D eigenvalue weighted by molar-refractivity contribution is 0.440. The number of nitrogens with one attached hydrogen (secondary N) is 2. The van der Waals surface area contributed by atoms with Crippen LogP contribution in [0.25, 0.3) is 33.4 Å². The van der Waals surface area contributed by atoms with Gasteiger partial charge in [0.25, 0.3) is 0 Å². The molecule has 2 N–H and O–H groups in total. The Bertz CT molecular complexity index is 1320. The molecule has 7 nitrogen and oxygen atoms in total. The Morgan fingerprint density at radius 2 is 1.88 bits per heavy atom. The van der Waals surface area contributed by atoms with Crippen molar-refractivity contribution >= 4 is 16.7 Å². The van der Waals surface area contributed by atoms with E-state index in [4.69, 9.17) is 15.2 Å². The zero-order valence-corrected chi connectivity index (χ0v) is 17.6. The van der Waals surface area contributed by atoms with Crippen molar-refractivity contribution in [3.63, 3.8) is 0 Å². The van der Waals surface area contributed by atoms with Gasteiger partial charge in [0.15, 0.2) is 0 Å². The lowest BCUT2D eigenvalue weighted by Gasteiger charge is -2.32. The number of H-pyrrole nitrogens is 1. The van der Waals surface area contributed by atoms with E-state index >= 15 is 0 Å². The van der Waals surface area contributed by atoms with Gasteiger partial charge in [0.2, 0.25) is 0 Å². The van der Waals surface area contributed by atoms with E-state index in [0.717, 1.165) is 48.2 Å². The van der Waals surface area contributed by atoms with Gasteiger partial charge in [0.05, 0.1) is 34.9 Å². The third kappa shape index (κ3) is 3.67. The van der Waals surface area contributed by atoms with Crippen LogP contribution in [0.3, 0.4) is 0 Å². The molecule has 4 aromatic rings. The molecule has 1 aliphatic rings. The van der Waals surface area contributed by atoms with Crippen LogP contribution in [0.5, 0.6) is 0 Å². The molecular weight excluding hydrogens is 405 g/mol. The van der Waals surface area contributed by atoms with E-state index < -0.39 is 5.82 Å². The van der Waals surface area contributed by atoms with Crippen LogP contribution < -0.4 is 10.2 Å². The van der Waals surface area contributed by atoms with Gasteiger partial charge in [-0.2, -0.15) is 10.4 Å². The van der Waals surface area contributed by atoms with Gasteiger partial charge in [-0.05, 0) is 38.1 Å². The fourth-order valence-corrected chi connectivity index (χ4v) is 4.18. The van der Waals surface area contributed by atoms with Crippen LogP contribution in [0.4, 0.5) is 10.2 Å². The molecule has 0 spiro atoms. The molecule has 8 heteroatoms. The minimum Gasteiger partial charge on any atom is -0.355 e. The number of halogens is 1. The molecule has 1 aliphatic heterocycles. The second kappa shape index (κ2) is 8.36. The van der Waals surface area contributed by atoms with Crippen molar-refractivity contribution in [1.29, 1.82) is 5.26 Å². The first-order valence-corrected chi connectivity index (χ1v) is 10.6.